The standard InChI is InChI=1S/C21H28N2O3S/c1-15(2)18-9-11-19(12-10-18)16(3)23-21(24)20-7-5-17(6-8-20)13-14-22-27(4,25)26/h5-12,15-16,22H,13-14H2,1-4H3,(H,23,24)/t16-/m0/s1. The molecule has 0 aliphatic rings. The van der Waals surface area contributed by atoms with Crippen LogP contribution in [0.3, 0.4) is 0 Å². The van der Waals surface area contributed by atoms with Crippen LogP contribution in [0, 0.1) is 0 Å². The van der Waals surface area contributed by atoms with Gasteiger partial charge in [-0.1, -0.05) is 50.2 Å². The average molecular weight is 389 g/mol. The monoisotopic (exact) mass is 388 g/mol. The van der Waals surface area contributed by atoms with Gasteiger partial charge in [0, 0.05) is 12.1 Å². The predicted molar refractivity (Wildman–Crippen MR) is 109 cm³/mol. The topological polar surface area (TPSA) is 75.3 Å². The van der Waals surface area contributed by atoms with Gasteiger partial charge in [-0.15, -0.1) is 0 Å². The molecule has 0 saturated carbocycles. The number of sulfonamides is 1. The third-order valence-corrected chi connectivity index (χ3v) is 5.17. The average Bonchev–Trinajstić information content (AvgIpc) is 2.61. The zero-order valence-corrected chi connectivity index (χ0v) is 17.1. The first-order chi connectivity index (χ1) is 12.7. The van der Waals surface area contributed by atoms with Crippen LogP contribution in [-0.2, 0) is 16.4 Å². The minimum atomic E-state index is -3.18. The van der Waals surface area contributed by atoms with Crippen molar-refractivity contribution in [3.8, 4) is 0 Å². The van der Waals surface area contributed by atoms with Crippen LogP contribution in [0.5, 0.6) is 0 Å². The van der Waals surface area contributed by atoms with Gasteiger partial charge in [-0.05, 0) is 48.1 Å². The smallest absolute Gasteiger partial charge is 0.251 e. The highest BCUT2D eigenvalue weighted by atomic mass is 32.2. The zero-order chi connectivity index (χ0) is 20.0. The molecular formula is C21H28N2O3S. The number of carbonyl (C=O) groups is 1. The molecule has 0 unspecified atom stereocenters. The molecule has 0 saturated heterocycles. The molecule has 2 rings (SSSR count). The van der Waals surface area contributed by atoms with Crippen molar-refractivity contribution in [2.24, 2.45) is 0 Å². The lowest BCUT2D eigenvalue weighted by atomic mass is 9.99. The van der Waals surface area contributed by atoms with Crippen LogP contribution in [0.4, 0.5) is 0 Å². The molecule has 2 N–H and O–H groups in total. The molecular weight excluding hydrogens is 360 g/mol. The second-order valence-electron chi connectivity index (χ2n) is 7.13. The van der Waals surface area contributed by atoms with Crippen LogP contribution in [0.15, 0.2) is 48.5 Å². The van der Waals surface area contributed by atoms with Crippen LogP contribution in [-0.4, -0.2) is 27.1 Å². The Morgan fingerprint density at radius 3 is 2.00 bits per heavy atom. The highest BCUT2D eigenvalue weighted by molar-refractivity contribution is 7.88. The SMILES string of the molecule is CC(C)c1ccc([C@H](C)NC(=O)c2ccc(CCNS(C)(=O)=O)cc2)cc1. The summed E-state index contributed by atoms with van der Waals surface area (Å²) in [6.07, 6.45) is 1.71. The van der Waals surface area contributed by atoms with Gasteiger partial charge in [-0.3, -0.25) is 4.79 Å². The van der Waals surface area contributed by atoms with E-state index in [4.69, 9.17) is 0 Å². The Labute approximate surface area is 162 Å². The summed E-state index contributed by atoms with van der Waals surface area (Å²) in [6.45, 7) is 6.61. The first-order valence-electron chi connectivity index (χ1n) is 9.10. The Hall–Kier alpha value is -2.18. The summed E-state index contributed by atoms with van der Waals surface area (Å²) in [5.41, 5.74) is 3.90. The molecule has 0 aliphatic heterocycles. The molecule has 2 aromatic carbocycles. The van der Waals surface area contributed by atoms with Gasteiger partial charge in [0.15, 0.2) is 0 Å². The largest absolute Gasteiger partial charge is 0.346 e. The molecule has 0 aromatic heterocycles. The van der Waals surface area contributed by atoms with Gasteiger partial charge < -0.3 is 5.32 Å². The molecule has 0 spiro atoms. The summed E-state index contributed by atoms with van der Waals surface area (Å²) in [5.74, 6) is 0.353. The number of amides is 1. The van der Waals surface area contributed by atoms with Crippen LogP contribution < -0.4 is 10.0 Å². The maximum Gasteiger partial charge on any atom is 0.251 e. The van der Waals surface area contributed by atoms with E-state index in [0.717, 1.165) is 17.4 Å². The lowest BCUT2D eigenvalue weighted by Gasteiger charge is -2.16. The van der Waals surface area contributed by atoms with Crippen molar-refractivity contribution >= 4 is 15.9 Å². The fourth-order valence-corrected chi connectivity index (χ4v) is 3.21. The molecule has 1 atom stereocenters. The van der Waals surface area contributed by atoms with E-state index in [1.807, 2.05) is 19.1 Å². The molecule has 0 aliphatic carbocycles. The normalized spacial score (nSPS) is 12.8. The molecule has 5 nitrogen and oxygen atoms in total. The van der Waals surface area contributed by atoms with E-state index in [0.29, 0.717) is 24.4 Å². The van der Waals surface area contributed by atoms with Crippen molar-refractivity contribution in [1.82, 2.24) is 10.0 Å². The van der Waals surface area contributed by atoms with E-state index < -0.39 is 10.0 Å². The van der Waals surface area contributed by atoms with E-state index in [2.05, 4.69) is 48.2 Å². The van der Waals surface area contributed by atoms with Crippen molar-refractivity contribution in [2.75, 3.05) is 12.8 Å². The molecule has 0 fully saturated rings. The quantitative estimate of drug-likeness (QED) is 0.728. The van der Waals surface area contributed by atoms with Crippen LogP contribution in [0.1, 0.15) is 59.8 Å². The van der Waals surface area contributed by atoms with Crippen molar-refractivity contribution in [3.05, 3.63) is 70.8 Å². The molecule has 2 aromatic rings. The lowest BCUT2D eigenvalue weighted by Crippen LogP contribution is -2.26. The summed E-state index contributed by atoms with van der Waals surface area (Å²) >= 11 is 0. The highest BCUT2D eigenvalue weighted by Crippen LogP contribution is 2.19. The van der Waals surface area contributed by atoms with E-state index >= 15 is 0 Å². The maximum atomic E-state index is 12.5. The van der Waals surface area contributed by atoms with E-state index in [-0.39, 0.29) is 11.9 Å². The Kier molecular flexibility index (Phi) is 7.16. The Morgan fingerprint density at radius 1 is 0.926 bits per heavy atom. The van der Waals surface area contributed by atoms with Crippen molar-refractivity contribution < 1.29 is 13.2 Å². The van der Waals surface area contributed by atoms with Gasteiger partial charge in [0.05, 0.1) is 12.3 Å². The number of rotatable bonds is 8. The third kappa shape index (κ3) is 6.81. The fraction of sp³-hybridized carbons (Fsp3) is 0.381. The van der Waals surface area contributed by atoms with Gasteiger partial charge >= 0.3 is 0 Å². The van der Waals surface area contributed by atoms with Crippen LogP contribution in [0.2, 0.25) is 0 Å². The van der Waals surface area contributed by atoms with Crippen LogP contribution >= 0.6 is 0 Å². The molecule has 0 radical (unpaired) electrons. The van der Waals surface area contributed by atoms with Crippen LogP contribution in [0.25, 0.3) is 0 Å². The Morgan fingerprint density at radius 2 is 1.48 bits per heavy atom. The maximum absolute atomic E-state index is 12.5. The van der Waals surface area contributed by atoms with Gasteiger partial charge in [-0.25, -0.2) is 13.1 Å². The lowest BCUT2D eigenvalue weighted by molar-refractivity contribution is 0.0940. The van der Waals surface area contributed by atoms with Crippen molar-refractivity contribution in [1.29, 1.82) is 0 Å². The third-order valence-electron chi connectivity index (χ3n) is 4.44. The Bertz CT molecular complexity index is 857. The summed E-state index contributed by atoms with van der Waals surface area (Å²) in [5, 5.41) is 3.01. The second kappa shape index (κ2) is 9.15. The summed E-state index contributed by atoms with van der Waals surface area (Å²) < 4.78 is 24.6. The number of carbonyl (C=O) groups excluding carboxylic acids is 1. The molecule has 0 heterocycles. The molecule has 1 amide bonds. The molecule has 0 bridgehead atoms. The first-order valence-corrected chi connectivity index (χ1v) is 11.0. The number of hydrogen-bond acceptors (Lipinski definition) is 3. The van der Waals surface area contributed by atoms with Gasteiger partial charge in [0.2, 0.25) is 10.0 Å². The minimum Gasteiger partial charge on any atom is -0.346 e. The summed E-state index contributed by atoms with van der Waals surface area (Å²) in [7, 11) is -3.18. The van der Waals surface area contributed by atoms with Gasteiger partial charge in [-0.2, -0.15) is 0 Å². The van der Waals surface area contributed by atoms with E-state index in [1.54, 1.807) is 12.1 Å². The number of nitrogens with one attached hydrogen (secondary N) is 2. The minimum absolute atomic E-state index is 0.0858. The first kappa shape index (κ1) is 21.1. The van der Waals surface area contributed by atoms with Crippen molar-refractivity contribution in [3.63, 3.8) is 0 Å². The predicted octanol–water partition coefficient (Wildman–Crippen LogP) is 3.39. The highest BCUT2D eigenvalue weighted by Gasteiger charge is 2.12. The summed E-state index contributed by atoms with van der Waals surface area (Å²) in [4.78, 5) is 12.5. The Balaban J connectivity index is 1.93. The molecule has 146 valence electrons. The van der Waals surface area contributed by atoms with Crippen molar-refractivity contribution in [2.45, 2.75) is 39.2 Å². The van der Waals surface area contributed by atoms with Gasteiger partial charge in [0.25, 0.3) is 5.91 Å². The van der Waals surface area contributed by atoms with Gasteiger partial charge in [0.1, 0.15) is 0 Å². The molecule has 27 heavy (non-hydrogen) atoms. The number of benzene rings is 2. The zero-order valence-electron chi connectivity index (χ0n) is 16.3. The molecule has 6 heteroatoms. The second-order valence-corrected chi connectivity index (χ2v) is 8.96. The van der Waals surface area contributed by atoms with E-state index in [1.165, 1.54) is 5.56 Å². The fourth-order valence-electron chi connectivity index (χ4n) is 2.74. The van der Waals surface area contributed by atoms with E-state index in [9.17, 15) is 13.2 Å². The summed E-state index contributed by atoms with van der Waals surface area (Å²) in [6, 6.07) is 15.4. The number of hydrogen-bond donors (Lipinski definition) is 2.